The molecule has 4 heterocycles. The first-order valence-corrected chi connectivity index (χ1v) is 9.15. The Morgan fingerprint density at radius 1 is 1.42 bits per heavy atom. The lowest BCUT2D eigenvalue weighted by Crippen LogP contribution is -2.60. The van der Waals surface area contributed by atoms with Crippen LogP contribution in [0.25, 0.3) is 21.3 Å². The maximum absolute atomic E-state index is 13.6. The third-order valence-corrected chi connectivity index (χ3v) is 5.41. The van der Waals surface area contributed by atoms with Gasteiger partial charge in [0, 0.05) is 21.8 Å². The number of nitrogens with zero attached hydrogens (tertiary/aromatic N) is 4. The molecule has 0 aromatic carbocycles. The van der Waals surface area contributed by atoms with Crippen molar-refractivity contribution in [1.29, 1.82) is 0 Å². The number of carbonyl (C=O) groups excluding carboxylic acids is 1. The molecule has 1 aliphatic heterocycles. The van der Waals surface area contributed by atoms with E-state index >= 15 is 0 Å². The van der Waals surface area contributed by atoms with Gasteiger partial charge in [0.25, 0.3) is 5.56 Å². The van der Waals surface area contributed by atoms with E-state index in [4.69, 9.17) is 11.6 Å². The van der Waals surface area contributed by atoms with Gasteiger partial charge in [0.2, 0.25) is 5.91 Å². The number of rotatable bonds is 3. The lowest BCUT2D eigenvalue weighted by Gasteiger charge is -2.42. The molecule has 0 aliphatic carbocycles. The number of thiophene rings is 1. The smallest absolute Gasteiger partial charge is 0.260 e. The summed E-state index contributed by atoms with van der Waals surface area (Å²) in [5.41, 5.74) is -0.499. The Morgan fingerprint density at radius 3 is 2.88 bits per heavy atom. The largest absolute Gasteiger partial charge is 0.335 e. The lowest BCUT2D eigenvalue weighted by atomic mass is 9.99. The number of fused-ring (bicyclic) bond motifs is 1. The summed E-state index contributed by atoms with van der Waals surface area (Å²) in [5, 5.41) is 2.53. The fraction of sp³-hybridized carbons (Fsp3) is 0.294. The fourth-order valence-electron chi connectivity index (χ4n) is 3.04. The summed E-state index contributed by atoms with van der Waals surface area (Å²) in [7, 11) is 0. The van der Waals surface area contributed by atoms with Crippen molar-refractivity contribution in [3.05, 3.63) is 45.5 Å². The number of likely N-dealkylation sites (tertiary alicyclic amines) is 1. The molecule has 3 aromatic rings. The predicted octanol–water partition coefficient (Wildman–Crippen LogP) is 2.74. The zero-order chi connectivity index (χ0) is 18.5. The number of hydrogen-bond donors (Lipinski definition) is 0. The highest BCUT2D eigenvalue weighted by Crippen LogP contribution is 2.31. The summed E-state index contributed by atoms with van der Waals surface area (Å²) in [4.78, 5) is 34.8. The molecule has 3 aromatic heterocycles. The minimum absolute atomic E-state index is 0.0602. The van der Waals surface area contributed by atoms with Crippen molar-refractivity contribution in [3.8, 4) is 11.3 Å². The average molecular weight is 393 g/mol. The van der Waals surface area contributed by atoms with Gasteiger partial charge in [-0.3, -0.25) is 14.6 Å². The number of carbonyl (C=O) groups is 1. The van der Waals surface area contributed by atoms with Gasteiger partial charge >= 0.3 is 0 Å². The van der Waals surface area contributed by atoms with Crippen LogP contribution in [-0.2, 0) is 11.3 Å². The Balaban J connectivity index is 1.70. The Labute approximate surface area is 156 Å². The first kappa shape index (κ1) is 17.1. The molecule has 0 N–H and O–H groups in total. The highest BCUT2D eigenvalue weighted by molar-refractivity contribution is 7.17. The van der Waals surface area contributed by atoms with Crippen LogP contribution in [0.5, 0.6) is 0 Å². The molecule has 26 heavy (non-hydrogen) atoms. The van der Waals surface area contributed by atoms with Gasteiger partial charge in [-0.2, -0.15) is 0 Å². The van der Waals surface area contributed by atoms with E-state index in [0.29, 0.717) is 16.6 Å². The molecule has 1 fully saturated rings. The Bertz CT molecular complexity index is 1070. The molecule has 0 unspecified atom stereocenters. The normalized spacial score (nSPS) is 15.9. The quantitative estimate of drug-likeness (QED) is 0.687. The van der Waals surface area contributed by atoms with Crippen LogP contribution < -0.4 is 5.56 Å². The number of alkyl halides is 1. The van der Waals surface area contributed by atoms with Crippen molar-refractivity contribution in [1.82, 2.24) is 19.4 Å². The van der Waals surface area contributed by atoms with E-state index in [1.54, 1.807) is 12.3 Å². The van der Waals surface area contributed by atoms with Crippen LogP contribution >= 0.6 is 22.9 Å². The number of amides is 1. The van der Waals surface area contributed by atoms with E-state index < -0.39 is 5.67 Å². The van der Waals surface area contributed by atoms with Gasteiger partial charge in [0.05, 0.1) is 36.6 Å². The summed E-state index contributed by atoms with van der Waals surface area (Å²) >= 11 is 7.31. The monoisotopic (exact) mass is 392 g/mol. The molecule has 0 atom stereocenters. The van der Waals surface area contributed by atoms with Gasteiger partial charge in [-0.05, 0) is 13.0 Å². The second-order valence-electron chi connectivity index (χ2n) is 6.53. The molecule has 134 valence electrons. The molecule has 1 aliphatic rings. The molecule has 1 saturated heterocycles. The minimum Gasteiger partial charge on any atom is -0.335 e. The van der Waals surface area contributed by atoms with E-state index in [1.807, 2.05) is 5.38 Å². The van der Waals surface area contributed by atoms with Gasteiger partial charge in [0.1, 0.15) is 17.4 Å². The van der Waals surface area contributed by atoms with E-state index in [1.165, 1.54) is 40.1 Å². The average Bonchev–Trinajstić information content (AvgIpc) is 3.00. The van der Waals surface area contributed by atoms with Crippen LogP contribution in [0.3, 0.4) is 0 Å². The highest BCUT2D eigenvalue weighted by atomic mass is 35.5. The van der Waals surface area contributed by atoms with Crippen LogP contribution in [0.1, 0.15) is 6.92 Å². The third kappa shape index (κ3) is 2.99. The number of pyridine rings is 1. The standard InChI is InChI=1S/C17H14ClFN4O2S/c1-17(19)8-23(9-17)14(24)6-22-3-2-12-15(16(22)25)10(7-26-12)11-4-20-5-13(18)21-11/h2-5,7H,6,8-9H2,1H3. The van der Waals surface area contributed by atoms with Gasteiger partial charge < -0.3 is 9.47 Å². The molecule has 0 bridgehead atoms. The summed E-state index contributed by atoms with van der Waals surface area (Å²) in [6.45, 7) is 1.45. The molecule has 4 rings (SSSR count). The van der Waals surface area contributed by atoms with Gasteiger partial charge in [-0.25, -0.2) is 9.37 Å². The van der Waals surface area contributed by atoms with Gasteiger partial charge in [-0.1, -0.05) is 11.6 Å². The maximum Gasteiger partial charge on any atom is 0.260 e. The molecule has 0 saturated carbocycles. The maximum atomic E-state index is 13.6. The van der Waals surface area contributed by atoms with Crippen LogP contribution in [-0.4, -0.2) is 44.1 Å². The van der Waals surface area contributed by atoms with Crippen molar-refractivity contribution in [2.24, 2.45) is 0 Å². The zero-order valence-corrected chi connectivity index (χ0v) is 15.4. The van der Waals surface area contributed by atoms with Crippen molar-refractivity contribution in [3.63, 3.8) is 0 Å². The van der Waals surface area contributed by atoms with Gasteiger partial charge in [0.15, 0.2) is 0 Å². The molecule has 0 spiro atoms. The van der Waals surface area contributed by atoms with E-state index in [9.17, 15) is 14.0 Å². The predicted molar refractivity (Wildman–Crippen MR) is 98.2 cm³/mol. The highest BCUT2D eigenvalue weighted by Gasteiger charge is 2.41. The van der Waals surface area contributed by atoms with Crippen molar-refractivity contribution < 1.29 is 9.18 Å². The van der Waals surface area contributed by atoms with Gasteiger partial charge in [-0.15, -0.1) is 11.3 Å². The van der Waals surface area contributed by atoms with Crippen LogP contribution in [0.2, 0.25) is 5.15 Å². The molecular weight excluding hydrogens is 379 g/mol. The third-order valence-electron chi connectivity index (χ3n) is 4.28. The molecule has 0 radical (unpaired) electrons. The SMILES string of the molecule is CC1(F)CN(C(=O)Cn2ccc3scc(-c4cncc(Cl)n4)c3c2=O)C1. The first-order valence-electron chi connectivity index (χ1n) is 7.89. The first-order chi connectivity index (χ1) is 12.3. The zero-order valence-electron chi connectivity index (χ0n) is 13.8. The fourth-order valence-corrected chi connectivity index (χ4v) is 4.13. The Morgan fingerprint density at radius 2 is 2.19 bits per heavy atom. The summed E-state index contributed by atoms with van der Waals surface area (Å²) in [5.74, 6) is -0.277. The second kappa shape index (κ2) is 6.14. The molecule has 1 amide bonds. The lowest BCUT2D eigenvalue weighted by molar-refractivity contribution is -0.144. The summed E-state index contributed by atoms with van der Waals surface area (Å²) < 4.78 is 15.7. The van der Waals surface area contributed by atoms with Crippen LogP contribution in [0.4, 0.5) is 4.39 Å². The van der Waals surface area contributed by atoms with E-state index in [0.717, 1.165) is 4.70 Å². The second-order valence-corrected chi connectivity index (χ2v) is 7.83. The minimum atomic E-state index is -1.34. The van der Waals surface area contributed by atoms with Crippen LogP contribution in [0.15, 0.2) is 34.8 Å². The Hall–Kier alpha value is -2.32. The van der Waals surface area contributed by atoms with Crippen molar-refractivity contribution >= 4 is 38.9 Å². The van der Waals surface area contributed by atoms with E-state index in [2.05, 4.69) is 9.97 Å². The molecule has 6 nitrogen and oxygen atoms in total. The molecular formula is C17H14ClFN4O2S. The van der Waals surface area contributed by atoms with E-state index in [-0.39, 0.29) is 36.3 Å². The number of halogens is 2. The number of aromatic nitrogens is 3. The summed E-state index contributed by atoms with van der Waals surface area (Å²) in [6.07, 6.45) is 4.54. The molecule has 9 heteroatoms. The topological polar surface area (TPSA) is 68.1 Å². The van der Waals surface area contributed by atoms with Crippen molar-refractivity contribution in [2.75, 3.05) is 13.1 Å². The number of hydrogen-bond acceptors (Lipinski definition) is 5. The van der Waals surface area contributed by atoms with Crippen LogP contribution in [0, 0.1) is 0 Å². The van der Waals surface area contributed by atoms with Crippen molar-refractivity contribution in [2.45, 2.75) is 19.1 Å². The Kier molecular flexibility index (Phi) is 4.04. The summed E-state index contributed by atoms with van der Waals surface area (Å²) in [6, 6.07) is 1.78.